The van der Waals surface area contributed by atoms with Crippen LogP contribution in [0.2, 0.25) is 0 Å². The first-order chi connectivity index (χ1) is 13.9. The number of benzene rings is 1. The number of thiophene rings is 1. The number of rotatable bonds is 5. The van der Waals surface area contributed by atoms with Crippen LogP contribution < -0.4 is 5.32 Å². The number of amides is 1. The van der Waals surface area contributed by atoms with Crippen LogP contribution in [0, 0.1) is 12.8 Å². The van der Waals surface area contributed by atoms with Crippen LogP contribution in [-0.2, 0) is 14.8 Å². The molecule has 152 valence electrons. The summed E-state index contributed by atoms with van der Waals surface area (Å²) in [7, 11) is -3.55. The van der Waals surface area contributed by atoms with Crippen molar-refractivity contribution in [2.24, 2.45) is 5.92 Å². The lowest BCUT2D eigenvalue weighted by Gasteiger charge is -2.30. The lowest BCUT2D eigenvalue weighted by Crippen LogP contribution is -2.43. The van der Waals surface area contributed by atoms with Gasteiger partial charge in [-0.2, -0.15) is 4.31 Å². The molecule has 3 heterocycles. The summed E-state index contributed by atoms with van der Waals surface area (Å²) < 4.78 is 27.6. The fraction of sp³-hybridized carbons (Fsp3) is 0.300. The highest BCUT2D eigenvalue weighted by molar-refractivity contribution is 7.91. The van der Waals surface area contributed by atoms with E-state index in [9.17, 15) is 13.2 Å². The van der Waals surface area contributed by atoms with Gasteiger partial charge >= 0.3 is 0 Å². The van der Waals surface area contributed by atoms with Gasteiger partial charge in [-0.25, -0.2) is 13.4 Å². The van der Waals surface area contributed by atoms with Gasteiger partial charge in [0.2, 0.25) is 5.91 Å². The highest BCUT2D eigenvalue weighted by Gasteiger charge is 2.34. The minimum Gasteiger partial charge on any atom is -0.326 e. The minimum absolute atomic E-state index is 0.149. The normalized spacial score (nSPS) is 17.9. The fourth-order valence-corrected chi connectivity index (χ4v) is 6.99. The SMILES string of the molecule is Cc1ccc(S(=O)(=O)N2CCCC(C(=O)Nc3cccc(-c4nccs4)c3)C2)s1. The molecule has 1 atom stereocenters. The molecule has 1 aromatic carbocycles. The lowest BCUT2D eigenvalue weighted by molar-refractivity contribution is -0.120. The number of piperidine rings is 1. The molecule has 0 bridgehead atoms. The maximum Gasteiger partial charge on any atom is 0.252 e. The number of thiazole rings is 1. The van der Waals surface area contributed by atoms with Gasteiger partial charge in [0.05, 0.1) is 5.92 Å². The van der Waals surface area contributed by atoms with Gasteiger partial charge in [0.1, 0.15) is 9.22 Å². The molecule has 9 heteroatoms. The number of carbonyl (C=O) groups excluding carboxylic acids is 1. The van der Waals surface area contributed by atoms with Crippen molar-refractivity contribution in [1.29, 1.82) is 0 Å². The van der Waals surface area contributed by atoms with Crippen molar-refractivity contribution in [3.05, 3.63) is 52.9 Å². The molecule has 6 nitrogen and oxygen atoms in total. The van der Waals surface area contributed by atoms with Crippen LogP contribution in [0.25, 0.3) is 10.6 Å². The molecule has 3 aromatic rings. The van der Waals surface area contributed by atoms with Crippen molar-refractivity contribution in [2.45, 2.75) is 24.0 Å². The Morgan fingerprint density at radius 3 is 2.86 bits per heavy atom. The van der Waals surface area contributed by atoms with Crippen LogP contribution in [0.1, 0.15) is 17.7 Å². The monoisotopic (exact) mass is 447 g/mol. The van der Waals surface area contributed by atoms with Gasteiger partial charge in [0.25, 0.3) is 10.0 Å². The van der Waals surface area contributed by atoms with Crippen molar-refractivity contribution in [1.82, 2.24) is 9.29 Å². The molecule has 0 radical (unpaired) electrons. The van der Waals surface area contributed by atoms with Crippen LogP contribution in [0.3, 0.4) is 0 Å². The summed E-state index contributed by atoms with van der Waals surface area (Å²) in [5.41, 5.74) is 1.63. The lowest BCUT2D eigenvalue weighted by atomic mass is 9.98. The first-order valence-electron chi connectivity index (χ1n) is 9.31. The Hall–Kier alpha value is -2.07. The topological polar surface area (TPSA) is 79.4 Å². The summed E-state index contributed by atoms with van der Waals surface area (Å²) in [6.07, 6.45) is 3.09. The van der Waals surface area contributed by atoms with Gasteiger partial charge in [-0.3, -0.25) is 4.79 Å². The maximum absolute atomic E-state index is 12.9. The van der Waals surface area contributed by atoms with Gasteiger partial charge in [0, 0.05) is 40.8 Å². The highest BCUT2D eigenvalue weighted by Crippen LogP contribution is 2.29. The van der Waals surface area contributed by atoms with E-state index >= 15 is 0 Å². The number of hydrogen-bond acceptors (Lipinski definition) is 6. The third-order valence-corrected chi connectivity index (χ3v) is 9.03. The molecule has 4 rings (SSSR count). The number of nitrogens with one attached hydrogen (secondary N) is 1. The molecule has 0 spiro atoms. The number of anilines is 1. The number of aryl methyl sites for hydroxylation is 1. The molecule has 0 aliphatic carbocycles. The molecule has 1 aliphatic rings. The van der Waals surface area contributed by atoms with Gasteiger partial charge in [0.15, 0.2) is 0 Å². The van der Waals surface area contributed by atoms with Crippen LogP contribution >= 0.6 is 22.7 Å². The van der Waals surface area contributed by atoms with Crippen LogP contribution in [-0.4, -0.2) is 36.7 Å². The Kier molecular flexibility index (Phi) is 5.82. The number of hydrogen-bond donors (Lipinski definition) is 1. The van der Waals surface area contributed by atoms with Crippen LogP contribution in [0.5, 0.6) is 0 Å². The number of aromatic nitrogens is 1. The highest BCUT2D eigenvalue weighted by atomic mass is 32.2. The molecule has 1 amide bonds. The first kappa shape index (κ1) is 20.2. The van der Waals surface area contributed by atoms with E-state index in [4.69, 9.17) is 0 Å². The Labute approximate surface area is 178 Å². The van der Waals surface area contributed by atoms with E-state index in [0.29, 0.717) is 29.3 Å². The zero-order valence-corrected chi connectivity index (χ0v) is 18.3. The Bertz CT molecular complexity index is 1110. The van der Waals surface area contributed by atoms with E-state index in [2.05, 4.69) is 10.3 Å². The van der Waals surface area contributed by atoms with Crippen molar-refractivity contribution in [3.63, 3.8) is 0 Å². The van der Waals surface area contributed by atoms with Crippen molar-refractivity contribution in [2.75, 3.05) is 18.4 Å². The van der Waals surface area contributed by atoms with Gasteiger partial charge < -0.3 is 5.32 Å². The molecular weight excluding hydrogens is 426 g/mol. The van der Waals surface area contributed by atoms with Crippen LogP contribution in [0.4, 0.5) is 5.69 Å². The van der Waals surface area contributed by atoms with E-state index in [1.54, 1.807) is 18.3 Å². The molecule has 1 aliphatic heterocycles. The summed E-state index contributed by atoms with van der Waals surface area (Å²) in [6.45, 7) is 2.54. The predicted octanol–water partition coefficient (Wildman–Crippen LogP) is 4.22. The summed E-state index contributed by atoms with van der Waals surface area (Å²) in [6, 6.07) is 11.0. The largest absolute Gasteiger partial charge is 0.326 e. The second kappa shape index (κ2) is 8.35. The molecule has 1 fully saturated rings. The second-order valence-corrected chi connectivity index (χ2v) is 11.3. The van der Waals surface area contributed by atoms with E-state index in [1.807, 2.05) is 36.6 Å². The van der Waals surface area contributed by atoms with E-state index in [-0.39, 0.29) is 18.4 Å². The van der Waals surface area contributed by atoms with E-state index in [0.717, 1.165) is 15.4 Å². The number of carbonyl (C=O) groups is 1. The molecule has 29 heavy (non-hydrogen) atoms. The molecule has 2 aromatic heterocycles. The Morgan fingerprint density at radius 2 is 2.14 bits per heavy atom. The van der Waals surface area contributed by atoms with Gasteiger partial charge in [-0.15, -0.1) is 22.7 Å². The molecule has 1 saturated heterocycles. The third kappa shape index (κ3) is 4.42. The molecular formula is C20H21N3O3S3. The smallest absolute Gasteiger partial charge is 0.252 e. The second-order valence-electron chi connectivity index (χ2n) is 6.97. The summed E-state index contributed by atoms with van der Waals surface area (Å²) >= 11 is 2.80. The predicted molar refractivity (Wildman–Crippen MR) is 117 cm³/mol. The molecule has 1 unspecified atom stereocenters. The zero-order chi connectivity index (χ0) is 20.4. The van der Waals surface area contributed by atoms with Gasteiger partial charge in [-0.1, -0.05) is 12.1 Å². The average Bonchev–Trinajstić information content (AvgIpc) is 3.40. The Balaban J connectivity index is 1.46. The maximum atomic E-state index is 12.9. The fourth-order valence-electron chi connectivity index (χ4n) is 3.39. The van der Waals surface area contributed by atoms with E-state index in [1.165, 1.54) is 27.0 Å². The molecule has 0 saturated carbocycles. The Morgan fingerprint density at radius 1 is 1.28 bits per heavy atom. The summed E-state index contributed by atoms with van der Waals surface area (Å²) in [4.78, 5) is 18.1. The first-order valence-corrected chi connectivity index (χ1v) is 12.4. The van der Waals surface area contributed by atoms with Gasteiger partial charge in [-0.05, 0) is 44.0 Å². The standard InChI is InChI=1S/C20H21N3O3S3/c1-14-7-8-18(28-14)29(25,26)23-10-3-5-16(13-23)19(24)22-17-6-2-4-15(12-17)20-21-9-11-27-20/h2,4,6-9,11-12,16H,3,5,10,13H2,1H3,(H,22,24). The minimum atomic E-state index is -3.55. The zero-order valence-electron chi connectivity index (χ0n) is 15.9. The summed E-state index contributed by atoms with van der Waals surface area (Å²) in [5.74, 6) is -0.522. The summed E-state index contributed by atoms with van der Waals surface area (Å²) in [5, 5.41) is 5.75. The van der Waals surface area contributed by atoms with Crippen LogP contribution in [0.15, 0.2) is 52.2 Å². The number of nitrogens with zero attached hydrogens (tertiary/aromatic N) is 2. The molecule has 1 N–H and O–H groups in total. The van der Waals surface area contributed by atoms with Crippen molar-refractivity contribution in [3.8, 4) is 10.6 Å². The third-order valence-electron chi connectivity index (χ3n) is 4.87. The van der Waals surface area contributed by atoms with Crippen molar-refractivity contribution < 1.29 is 13.2 Å². The average molecular weight is 448 g/mol. The quantitative estimate of drug-likeness (QED) is 0.635. The van der Waals surface area contributed by atoms with Crippen molar-refractivity contribution >= 4 is 44.3 Å². The van der Waals surface area contributed by atoms with E-state index < -0.39 is 10.0 Å². The number of sulfonamides is 1.